The topological polar surface area (TPSA) is 72.3 Å². The Morgan fingerprint density at radius 1 is 1.47 bits per heavy atom. The molecule has 0 unspecified atom stereocenters. The van der Waals surface area contributed by atoms with Crippen LogP contribution in [0.5, 0.6) is 5.75 Å². The van der Waals surface area contributed by atoms with Gasteiger partial charge in [0.1, 0.15) is 11.4 Å². The summed E-state index contributed by atoms with van der Waals surface area (Å²) in [5.74, 6) is 0.486. The van der Waals surface area contributed by atoms with Gasteiger partial charge in [-0.25, -0.2) is 0 Å². The van der Waals surface area contributed by atoms with Gasteiger partial charge in [-0.2, -0.15) is 0 Å². The molecular formula is C11H12N2O2. The highest BCUT2D eigenvalue weighted by molar-refractivity contribution is 5.69. The highest BCUT2D eigenvalue weighted by atomic mass is 16.5. The van der Waals surface area contributed by atoms with Gasteiger partial charge in [-0.05, 0) is 18.1 Å². The molecule has 15 heavy (non-hydrogen) atoms. The number of anilines is 1. The molecule has 0 aliphatic rings. The number of rotatable bonds is 2. The van der Waals surface area contributed by atoms with E-state index in [9.17, 15) is 5.11 Å². The Hall–Kier alpha value is -1.97. The molecule has 2 aromatic rings. The number of hydrogen-bond donors (Lipinski definition) is 2. The molecule has 78 valence electrons. The summed E-state index contributed by atoms with van der Waals surface area (Å²) in [7, 11) is 0. The molecule has 0 radical (unpaired) electrons. The number of nitrogens with two attached hydrogens (primary N) is 1. The first-order valence-corrected chi connectivity index (χ1v) is 4.75. The smallest absolute Gasteiger partial charge is 0.222 e. The van der Waals surface area contributed by atoms with Crippen molar-refractivity contribution in [3.8, 4) is 17.0 Å². The maximum absolute atomic E-state index is 9.93. The van der Waals surface area contributed by atoms with E-state index in [2.05, 4.69) is 5.16 Å². The van der Waals surface area contributed by atoms with Crippen LogP contribution < -0.4 is 5.73 Å². The van der Waals surface area contributed by atoms with Crippen molar-refractivity contribution in [1.82, 2.24) is 5.16 Å². The second-order valence-corrected chi connectivity index (χ2v) is 3.28. The Balaban J connectivity index is 2.53. The number of aromatic hydroxyl groups is 1. The lowest BCUT2D eigenvalue weighted by molar-refractivity contribution is 0.437. The van der Waals surface area contributed by atoms with Crippen LogP contribution in [-0.4, -0.2) is 10.3 Å². The van der Waals surface area contributed by atoms with Crippen LogP contribution >= 0.6 is 0 Å². The van der Waals surface area contributed by atoms with E-state index in [1.165, 1.54) is 0 Å². The minimum absolute atomic E-state index is 0.242. The third-order valence-electron chi connectivity index (χ3n) is 2.30. The van der Waals surface area contributed by atoms with E-state index in [-0.39, 0.29) is 11.6 Å². The Kier molecular flexibility index (Phi) is 2.33. The van der Waals surface area contributed by atoms with Crippen LogP contribution in [0.2, 0.25) is 0 Å². The van der Waals surface area contributed by atoms with Gasteiger partial charge in [0.05, 0.1) is 0 Å². The zero-order valence-electron chi connectivity index (χ0n) is 8.40. The van der Waals surface area contributed by atoms with Gasteiger partial charge in [-0.3, -0.25) is 0 Å². The minimum atomic E-state index is 0.242. The monoisotopic (exact) mass is 204 g/mol. The summed E-state index contributed by atoms with van der Waals surface area (Å²) in [5.41, 5.74) is 7.51. The van der Waals surface area contributed by atoms with Crippen LogP contribution in [-0.2, 0) is 6.42 Å². The Morgan fingerprint density at radius 2 is 2.27 bits per heavy atom. The van der Waals surface area contributed by atoms with E-state index in [0.29, 0.717) is 11.3 Å². The zero-order chi connectivity index (χ0) is 10.8. The lowest BCUT2D eigenvalue weighted by Crippen LogP contribution is -1.85. The fourth-order valence-electron chi connectivity index (χ4n) is 1.50. The maximum atomic E-state index is 9.93. The van der Waals surface area contributed by atoms with Crippen molar-refractivity contribution in [1.29, 1.82) is 0 Å². The van der Waals surface area contributed by atoms with E-state index < -0.39 is 0 Å². The first kappa shape index (κ1) is 9.58. The van der Waals surface area contributed by atoms with Crippen LogP contribution in [0.15, 0.2) is 28.8 Å². The summed E-state index contributed by atoms with van der Waals surface area (Å²) in [6.45, 7) is 1.98. The first-order valence-electron chi connectivity index (χ1n) is 4.75. The van der Waals surface area contributed by atoms with Crippen molar-refractivity contribution in [2.45, 2.75) is 13.3 Å². The van der Waals surface area contributed by atoms with Gasteiger partial charge < -0.3 is 15.4 Å². The van der Waals surface area contributed by atoms with E-state index >= 15 is 0 Å². The van der Waals surface area contributed by atoms with Crippen LogP contribution in [0.3, 0.4) is 0 Å². The van der Waals surface area contributed by atoms with Gasteiger partial charge in [0, 0.05) is 11.6 Å². The van der Waals surface area contributed by atoms with Crippen LogP contribution in [0.25, 0.3) is 11.3 Å². The molecule has 2 rings (SSSR count). The van der Waals surface area contributed by atoms with Gasteiger partial charge in [-0.1, -0.05) is 24.2 Å². The zero-order valence-corrected chi connectivity index (χ0v) is 8.40. The number of para-hydroxylation sites is 1. The molecule has 0 atom stereocenters. The predicted molar refractivity (Wildman–Crippen MR) is 57.4 cm³/mol. The van der Waals surface area contributed by atoms with E-state index in [0.717, 1.165) is 12.0 Å². The molecule has 1 heterocycles. The largest absolute Gasteiger partial charge is 0.507 e. The van der Waals surface area contributed by atoms with Crippen LogP contribution in [0.1, 0.15) is 12.5 Å². The molecule has 0 aliphatic heterocycles. The van der Waals surface area contributed by atoms with Crippen molar-refractivity contribution in [2.24, 2.45) is 0 Å². The van der Waals surface area contributed by atoms with Gasteiger partial charge >= 0.3 is 0 Å². The maximum Gasteiger partial charge on any atom is 0.222 e. The number of nitrogen functional groups attached to an aromatic ring is 1. The summed E-state index contributed by atoms with van der Waals surface area (Å²) in [4.78, 5) is 0. The van der Waals surface area contributed by atoms with Crippen molar-refractivity contribution < 1.29 is 9.63 Å². The molecule has 0 amide bonds. The molecule has 0 spiro atoms. The number of aromatic nitrogens is 1. The summed E-state index contributed by atoms with van der Waals surface area (Å²) in [6.07, 6.45) is 0.771. The standard InChI is InChI=1S/C11H12N2O2/c1-2-7-4-3-5-8(11(7)14)9-6-10(12)15-13-9/h3-6,14H,2,12H2,1H3. The van der Waals surface area contributed by atoms with Gasteiger partial charge in [0.2, 0.25) is 5.88 Å². The number of hydrogen-bond acceptors (Lipinski definition) is 4. The van der Waals surface area contributed by atoms with Gasteiger partial charge in [-0.15, -0.1) is 0 Å². The lowest BCUT2D eigenvalue weighted by atomic mass is 10.0. The molecular weight excluding hydrogens is 192 g/mol. The number of aryl methyl sites for hydroxylation is 1. The molecule has 0 fully saturated rings. The minimum Gasteiger partial charge on any atom is -0.507 e. The summed E-state index contributed by atoms with van der Waals surface area (Å²) >= 11 is 0. The highest BCUT2D eigenvalue weighted by Gasteiger charge is 2.11. The van der Waals surface area contributed by atoms with Crippen molar-refractivity contribution in [3.05, 3.63) is 29.8 Å². The first-order chi connectivity index (χ1) is 7.22. The molecule has 4 heteroatoms. The quantitative estimate of drug-likeness (QED) is 0.786. The van der Waals surface area contributed by atoms with Crippen molar-refractivity contribution in [3.63, 3.8) is 0 Å². The SMILES string of the molecule is CCc1cccc(-c2cc(N)on2)c1O. The molecule has 3 N–H and O–H groups in total. The van der Waals surface area contributed by atoms with Crippen LogP contribution in [0, 0.1) is 0 Å². The van der Waals surface area contributed by atoms with E-state index in [1.807, 2.05) is 19.1 Å². The number of nitrogens with zero attached hydrogens (tertiary/aromatic N) is 1. The van der Waals surface area contributed by atoms with Gasteiger partial charge in [0.15, 0.2) is 0 Å². The molecule has 1 aromatic heterocycles. The number of phenolic OH excluding ortho intramolecular Hbond substituents is 1. The van der Waals surface area contributed by atoms with Crippen LogP contribution in [0.4, 0.5) is 5.88 Å². The van der Waals surface area contributed by atoms with E-state index in [1.54, 1.807) is 12.1 Å². The summed E-state index contributed by atoms with van der Waals surface area (Å²) in [5, 5.41) is 13.7. The summed E-state index contributed by atoms with van der Waals surface area (Å²) < 4.78 is 4.76. The third-order valence-corrected chi connectivity index (χ3v) is 2.30. The molecule has 4 nitrogen and oxygen atoms in total. The lowest BCUT2D eigenvalue weighted by Gasteiger charge is -2.04. The molecule has 0 saturated carbocycles. The highest BCUT2D eigenvalue weighted by Crippen LogP contribution is 2.32. The second kappa shape index (κ2) is 3.65. The average Bonchev–Trinajstić information content (AvgIpc) is 2.65. The second-order valence-electron chi connectivity index (χ2n) is 3.28. The molecule has 0 bridgehead atoms. The van der Waals surface area contributed by atoms with Crippen molar-refractivity contribution in [2.75, 3.05) is 5.73 Å². The van der Waals surface area contributed by atoms with Crippen molar-refractivity contribution >= 4 is 5.88 Å². The average molecular weight is 204 g/mol. The fourth-order valence-corrected chi connectivity index (χ4v) is 1.50. The number of benzene rings is 1. The number of phenols is 1. The molecule has 0 aliphatic carbocycles. The van der Waals surface area contributed by atoms with E-state index in [4.69, 9.17) is 10.3 Å². The third kappa shape index (κ3) is 1.66. The Morgan fingerprint density at radius 3 is 2.87 bits per heavy atom. The Labute approximate surface area is 87.3 Å². The summed E-state index contributed by atoms with van der Waals surface area (Å²) in [6, 6.07) is 7.13. The van der Waals surface area contributed by atoms with Gasteiger partial charge in [0.25, 0.3) is 0 Å². The Bertz CT molecular complexity index is 477. The molecule has 1 aromatic carbocycles. The normalized spacial score (nSPS) is 10.5. The predicted octanol–water partition coefficient (Wildman–Crippen LogP) is 2.19. The fraction of sp³-hybridized carbons (Fsp3) is 0.182. The molecule has 0 saturated heterocycles.